The van der Waals surface area contributed by atoms with Gasteiger partial charge in [0.15, 0.2) is 0 Å². The first-order valence-corrected chi connectivity index (χ1v) is 13.1. The van der Waals surface area contributed by atoms with E-state index in [1.54, 1.807) is 13.8 Å². The van der Waals surface area contributed by atoms with Crippen molar-refractivity contribution >= 4 is 42.6 Å². The van der Waals surface area contributed by atoms with Crippen LogP contribution in [0.25, 0.3) is 0 Å². The van der Waals surface area contributed by atoms with Gasteiger partial charge < -0.3 is 19.9 Å². The number of hydrogen-bond acceptors (Lipinski definition) is 9. The van der Waals surface area contributed by atoms with Crippen LogP contribution in [0.5, 0.6) is 0 Å². The highest BCUT2D eigenvalue weighted by atomic mass is 32.2. The number of aromatic nitrogens is 2. The van der Waals surface area contributed by atoms with Crippen molar-refractivity contribution in [1.82, 2.24) is 20.6 Å². The van der Waals surface area contributed by atoms with Gasteiger partial charge in [-0.2, -0.15) is 0 Å². The number of thioether (sulfide) groups is 1. The van der Waals surface area contributed by atoms with Crippen molar-refractivity contribution in [2.75, 3.05) is 0 Å². The van der Waals surface area contributed by atoms with Gasteiger partial charge in [-0.1, -0.05) is 44.2 Å². The molecule has 10 nitrogen and oxygen atoms in total. The third kappa shape index (κ3) is 8.31. The molecule has 2 heterocycles. The van der Waals surface area contributed by atoms with Gasteiger partial charge in [0.2, 0.25) is 5.91 Å². The first kappa shape index (κ1) is 28.2. The lowest BCUT2D eigenvalue weighted by atomic mass is 9.73. The molecule has 0 radical (unpaired) electrons. The number of benzene rings is 1. The summed E-state index contributed by atoms with van der Waals surface area (Å²) in [5, 5.41) is 4.45. The number of nitrogens with zero attached hydrogens (tertiary/aromatic N) is 2. The molecule has 1 aliphatic heterocycles. The molecule has 3 rings (SSSR count). The molecule has 4 atom stereocenters. The van der Waals surface area contributed by atoms with E-state index in [-0.39, 0.29) is 18.0 Å². The molecule has 1 fully saturated rings. The van der Waals surface area contributed by atoms with Gasteiger partial charge in [-0.25, -0.2) is 4.98 Å². The van der Waals surface area contributed by atoms with Gasteiger partial charge in [0.25, 0.3) is 5.91 Å². The Bertz CT molecular complexity index is 1070. The van der Waals surface area contributed by atoms with E-state index in [9.17, 15) is 19.2 Å². The first-order valence-electron chi connectivity index (χ1n) is 12.1. The minimum atomic E-state index is -1.30. The largest absolute Gasteiger partial charge is 0.622 e. The fourth-order valence-corrected chi connectivity index (χ4v) is 4.71. The fraction of sp³-hybridized carbons (Fsp3) is 0.440. The standard InChI is InChI=1S/C25H31BN4O6S/c1-15(2)12-21(26-35-24(33)16(3)37-17(4)25(34)36-26)30-22(31)19(13-18-8-6-5-7-9-18)29-23(32)20-14-27-10-11-28-20/h5-11,14-17,19,21H,12-13H2,1-4H3,(H,29,32)(H,30,31)/t16-,17+,19-,21-/m0/s1. The molecular formula is C25H31BN4O6S. The normalized spacial score (nSPS) is 19.6. The molecular weight excluding hydrogens is 495 g/mol. The average Bonchev–Trinajstić information content (AvgIpc) is 2.87. The number of rotatable bonds is 9. The van der Waals surface area contributed by atoms with Crippen LogP contribution in [0.15, 0.2) is 48.9 Å². The fourth-order valence-electron chi connectivity index (χ4n) is 3.76. The van der Waals surface area contributed by atoms with E-state index >= 15 is 0 Å². The summed E-state index contributed by atoms with van der Waals surface area (Å²) in [4.78, 5) is 59.4. The van der Waals surface area contributed by atoms with Crippen LogP contribution >= 0.6 is 11.8 Å². The Labute approximate surface area is 220 Å². The van der Waals surface area contributed by atoms with Gasteiger partial charge in [-0.15, -0.1) is 11.8 Å². The van der Waals surface area contributed by atoms with E-state index in [0.29, 0.717) is 6.42 Å². The third-order valence-corrected chi connectivity index (χ3v) is 6.82. The molecule has 2 amide bonds. The summed E-state index contributed by atoms with van der Waals surface area (Å²) in [6.45, 7) is 7.19. The van der Waals surface area contributed by atoms with E-state index < -0.39 is 53.4 Å². The lowest BCUT2D eigenvalue weighted by molar-refractivity contribution is -0.141. The van der Waals surface area contributed by atoms with Gasteiger partial charge in [0.05, 0.1) is 22.6 Å². The average molecular weight is 526 g/mol. The topological polar surface area (TPSA) is 137 Å². The second kappa shape index (κ2) is 13.2. The highest BCUT2D eigenvalue weighted by molar-refractivity contribution is 8.01. The van der Waals surface area contributed by atoms with E-state index in [0.717, 1.165) is 17.3 Å². The molecule has 37 heavy (non-hydrogen) atoms. The Kier molecular flexibility index (Phi) is 10.1. The molecule has 196 valence electrons. The Morgan fingerprint density at radius 3 is 2.24 bits per heavy atom. The van der Waals surface area contributed by atoms with Crippen molar-refractivity contribution < 1.29 is 28.5 Å². The molecule has 1 aromatic heterocycles. The molecule has 12 heteroatoms. The third-order valence-electron chi connectivity index (χ3n) is 5.62. The lowest BCUT2D eigenvalue weighted by Gasteiger charge is -2.30. The molecule has 2 N–H and O–H groups in total. The Morgan fingerprint density at radius 1 is 1.03 bits per heavy atom. The zero-order valence-electron chi connectivity index (χ0n) is 21.2. The van der Waals surface area contributed by atoms with Crippen molar-refractivity contribution in [2.24, 2.45) is 5.92 Å². The maximum Gasteiger partial charge on any atom is 0.622 e. The monoisotopic (exact) mass is 526 g/mol. The van der Waals surface area contributed by atoms with Crippen molar-refractivity contribution in [3.05, 3.63) is 60.2 Å². The maximum atomic E-state index is 13.5. The summed E-state index contributed by atoms with van der Waals surface area (Å²) in [6.07, 6.45) is 4.70. The summed E-state index contributed by atoms with van der Waals surface area (Å²) >= 11 is 1.15. The van der Waals surface area contributed by atoms with Crippen LogP contribution in [0.2, 0.25) is 0 Å². The minimum Gasteiger partial charge on any atom is -0.497 e. The van der Waals surface area contributed by atoms with Crippen LogP contribution in [0, 0.1) is 5.92 Å². The summed E-state index contributed by atoms with van der Waals surface area (Å²) in [7, 11) is -1.30. The van der Waals surface area contributed by atoms with E-state index in [1.165, 1.54) is 18.6 Å². The van der Waals surface area contributed by atoms with Crippen molar-refractivity contribution in [2.45, 2.75) is 63.0 Å². The predicted molar refractivity (Wildman–Crippen MR) is 139 cm³/mol. The van der Waals surface area contributed by atoms with Crippen LogP contribution in [-0.4, -0.2) is 63.3 Å². The molecule has 0 bridgehead atoms. The van der Waals surface area contributed by atoms with Gasteiger partial charge >= 0.3 is 19.1 Å². The van der Waals surface area contributed by atoms with Crippen molar-refractivity contribution in [1.29, 1.82) is 0 Å². The number of nitrogens with one attached hydrogen (secondary N) is 2. The van der Waals surface area contributed by atoms with Crippen LogP contribution in [-0.2, 0) is 30.1 Å². The van der Waals surface area contributed by atoms with E-state index in [2.05, 4.69) is 20.6 Å². The van der Waals surface area contributed by atoms with Crippen LogP contribution < -0.4 is 10.6 Å². The first-order chi connectivity index (χ1) is 17.6. The number of carbonyl (C=O) groups is 4. The lowest BCUT2D eigenvalue weighted by Crippen LogP contribution is -2.58. The molecule has 0 unspecified atom stereocenters. The molecule has 2 aromatic rings. The number of amides is 2. The second-order valence-electron chi connectivity index (χ2n) is 9.21. The zero-order valence-corrected chi connectivity index (χ0v) is 22.1. The van der Waals surface area contributed by atoms with Crippen LogP contribution in [0.4, 0.5) is 0 Å². The summed E-state index contributed by atoms with van der Waals surface area (Å²) in [6, 6.07) is 8.24. The summed E-state index contributed by atoms with van der Waals surface area (Å²) in [5.41, 5.74) is 0.890. The summed E-state index contributed by atoms with van der Waals surface area (Å²) < 4.78 is 11.0. The van der Waals surface area contributed by atoms with Gasteiger partial charge in [-0.05, 0) is 31.7 Å². The Balaban J connectivity index is 1.84. The smallest absolute Gasteiger partial charge is 0.497 e. The SMILES string of the molecule is CC(C)C[C@H](NC(=O)[C@H](Cc1ccccc1)NC(=O)c1cnccn1)B1OC(=O)[C@H](C)S[C@H](C)C(=O)O1. The molecule has 0 spiro atoms. The van der Waals surface area contributed by atoms with Crippen LogP contribution in [0.1, 0.15) is 50.2 Å². The molecule has 0 aliphatic carbocycles. The van der Waals surface area contributed by atoms with E-state index in [4.69, 9.17) is 9.31 Å². The number of hydrogen-bond donors (Lipinski definition) is 2. The van der Waals surface area contributed by atoms with Gasteiger partial charge in [-0.3, -0.25) is 24.2 Å². The quantitative estimate of drug-likeness (QED) is 0.470. The second-order valence-corrected chi connectivity index (χ2v) is 10.9. The summed E-state index contributed by atoms with van der Waals surface area (Å²) in [5.74, 6) is -2.90. The molecule has 1 saturated heterocycles. The molecule has 0 saturated carbocycles. The van der Waals surface area contributed by atoms with Crippen molar-refractivity contribution in [3.8, 4) is 0 Å². The van der Waals surface area contributed by atoms with E-state index in [1.807, 2.05) is 44.2 Å². The van der Waals surface area contributed by atoms with Gasteiger partial charge in [0, 0.05) is 18.8 Å². The number of carbonyl (C=O) groups excluding carboxylic acids is 4. The highest BCUT2D eigenvalue weighted by Gasteiger charge is 2.44. The zero-order chi connectivity index (χ0) is 26.9. The van der Waals surface area contributed by atoms with Crippen molar-refractivity contribution in [3.63, 3.8) is 0 Å². The van der Waals surface area contributed by atoms with Gasteiger partial charge in [0.1, 0.15) is 11.7 Å². The molecule has 1 aromatic carbocycles. The minimum absolute atomic E-state index is 0.0652. The highest BCUT2D eigenvalue weighted by Crippen LogP contribution is 2.24. The Morgan fingerprint density at radius 2 is 1.68 bits per heavy atom. The molecule has 1 aliphatic rings. The predicted octanol–water partition coefficient (Wildman–Crippen LogP) is 1.99. The maximum absolute atomic E-state index is 13.5. The Hall–Kier alpha value is -3.41. The van der Waals surface area contributed by atoms with Crippen LogP contribution in [0.3, 0.4) is 0 Å².